The zero-order chi connectivity index (χ0) is 20.3. The number of aromatic nitrogens is 3. The Morgan fingerprint density at radius 1 is 0.897 bits per heavy atom. The van der Waals surface area contributed by atoms with Crippen LogP contribution in [0.5, 0.6) is 0 Å². The van der Waals surface area contributed by atoms with E-state index in [4.69, 9.17) is 5.10 Å². The van der Waals surface area contributed by atoms with Crippen LogP contribution < -0.4 is 4.72 Å². The fraction of sp³-hybridized carbons (Fsp3) is 0.0909. The molecule has 0 radical (unpaired) electrons. The second-order valence-corrected chi connectivity index (χ2v) is 8.53. The molecule has 7 heteroatoms. The van der Waals surface area contributed by atoms with Crippen LogP contribution in [0.2, 0.25) is 0 Å². The van der Waals surface area contributed by atoms with Crippen molar-refractivity contribution in [3.05, 3.63) is 90.9 Å². The van der Waals surface area contributed by atoms with Crippen LogP contribution in [-0.2, 0) is 16.6 Å². The average molecular weight is 404 g/mol. The Kier molecular flexibility index (Phi) is 5.24. The molecule has 0 unspecified atom stereocenters. The number of pyridine rings is 1. The molecule has 1 N–H and O–H groups in total. The molecular formula is C22H20N4O2S. The molecule has 29 heavy (non-hydrogen) atoms. The van der Waals surface area contributed by atoms with Gasteiger partial charge in [-0.05, 0) is 35.4 Å². The second kappa shape index (κ2) is 7.98. The van der Waals surface area contributed by atoms with Crippen molar-refractivity contribution in [2.75, 3.05) is 6.26 Å². The molecule has 4 rings (SSSR count). The van der Waals surface area contributed by atoms with E-state index in [1.165, 1.54) is 0 Å². The Bertz CT molecular complexity index is 1200. The van der Waals surface area contributed by atoms with E-state index in [0.29, 0.717) is 0 Å². The summed E-state index contributed by atoms with van der Waals surface area (Å²) in [7, 11) is -3.22. The van der Waals surface area contributed by atoms with Crippen LogP contribution in [-0.4, -0.2) is 29.4 Å². The first-order chi connectivity index (χ1) is 14.0. The molecule has 2 aromatic heterocycles. The van der Waals surface area contributed by atoms with Crippen LogP contribution in [0.4, 0.5) is 0 Å². The second-order valence-electron chi connectivity index (χ2n) is 6.70. The van der Waals surface area contributed by atoms with Gasteiger partial charge in [0.2, 0.25) is 10.0 Å². The fourth-order valence-corrected chi connectivity index (χ4v) is 3.47. The third-order valence-electron chi connectivity index (χ3n) is 4.49. The number of rotatable bonds is 6. The molecule has 0 aliphatic heterocycles. The topological polar surface area (TPSA) is 76.9 Å². The number of nitrogens with one attached hydrogen (secondary N) is 1. The van der Waals surface area contributed by atoms with E-state index < -0.39 is 10.0 Å². The van der Waals surface area contributed by atoms with Gasteiger partial charge in [-0.1, -0.05) is 42.5 Å². The van der Waals surface area contributed by atoms with Gasteiger partial charge in [0, 0.05) is 36.3 Å². The average Bonchev–Trinajstić information content (AvgIpc) is 3.19. The molecule has 0 aliphatic rings. The summed E-state index contributed by atoms with van der Waals surface area (Å²) >= 11 is 0. The summed E-state index contributed by atoms with van der Waals surface area (Å²) in [6.07, 6.45) is 6.66. The van der Waals surface area contributed by atoms with Crippen LogP contribution in [0.1, 0.15) is 5.56 Å². The van der Waals surface area contributed by atoms with Gasteiger partial charge >= 0.3 is 0 Å². The van der Waals surface area contributed by atoms with E-state index in [1.807, 2.05) is 77.6 Å². The van der Waals surface area contributed by atoms with Crippen LogP contribution in [0, 0.1) is 0 Å². The van der Waals surface area contributed by atoms with E-state index in [0.717, 1.165) is 39.9 Å². The number of nitrogens with zero attached hydrogens (tertiary/aromatic N) is 3. The minimum Gasteiger partial charge on any atom is -0.265 e. The zero-order valence-electron chi connectivity index (χ0n) is 15.9. The van der Waals surface area contributed by atoms with Gasteiger partial charge in [-0.2, -0.15) is 5.10 Å². The lowest BCUT2D eigenvalue weighted by Gasteiger charge is -2.06. The van der Waals surface area contributed by atoms with Gasteiger partial charge in [-0.3, -0.25) is 4.98 Å². The van der Waals surface area contributed by atoms with E-state index >= 15 is 0 Å². The number of para-hydroxylation sites is 1. The molecule has 0 spiro atoms. The molecule has 0 aliphatic carbocycles. The fourth-order valence-electron chi connectivity index (χ4n) is 3.04. The maximum absolute atomic E-state index is 11.3. The highest BCUT2D eigenvalue weighted by molar-refractivity contribution is 7.88. The minimum atomic E-state index is -3.22. The van der Waals surface area contributed by atoms with Crippen LogP contribution in [0.15, 0.2) is 85.3 Å². The molecule has 0 atom stereocenters. The third-order valence-corrected chi connectivity index (χ3v) is 5.16. The van der Waals surface area contributed by atoms with Gasteiger partial charge in [0.25, 0.3) is 0 Å². The largest absolute Gasteiger partial charge is 0.265 e. The first-order valence-corrected chi connectivity index (χ1v) is 11.0. The summed E-state index contributed by atoms with van der Waals surface area (Å²) in [5.74, 6) is 0. The molecule has 0 saturated carbocycles. The van der Waals surface area contributed by atoms with Gasteiger partial charge < -0.3 is 0 Å². The molecular weight excluding hydrogens is 384 g/mol. The Hall–Kier alpha value is -3.29. The highest BCUT2D eigenvalue weighted by Gasteiger charge is 2.14. The molecule has 0 saturated heterocycles. The number of sulfonamides is 1. The summed E-state index contributed by atoms with van der Waals surface area (Å²) in [6.45, 7) is 0.263. The molecule has 2 aromatic carbocycles. The van der Waals surface area contributed by atoms with Crippen molar-refractivity contribution < 1.29 is 8.42 Å². The molecule has 0 fully saturated rings. The van der Waals surface area contributed by atoms with Gasteiger partial charge in [-0.15, -0.1) is 0 Å². The number of benzene rings is 2. The monoisotopic (exact) mass is 404 g/mol. The van der Waals surface area contributed by atoms with Gasteiger partial charge in [-0.25, -0.2) is 17.8 Å². The molecule has 6 nitrogen and oxygen atoms in total. The summed E-state index contributed by atoms with van der Waals surface area (Å²) in [6, 6.07) is 21.6. The maximum atomic E-state index is 11.3. The highest BCUT2D eigenvalue weighted by Crippen LogP contribution is 2.32. The first-order valence-electron chi connectivity index (χ1n) is 9.09. The Morgan fingerprint density at radius 3 is 2.24 bits per heavy atom. The summed E-state index contributed by atoms with van der Waals surface area (Å²) < 4.78 is 27.0. The first kappa shape index (κ1) is 19.0. The highest BCUT2D eigenvalue weighted by atomic mass is 32.2. The third kappa shape index (κ3) is 4.59. The van der Waals surface area contributed by atoms with Crippen molar-refractivity contribution in [3.8, 4) is 28.1 Å². The van der Waals surface area contributed by atoms with Gasteiger partial charge in [0.1, 0.15) is 5.69 Å². The Balaban J connectivity index is 1.73. The lowest BCUT2D eigenvalue weighted by atomic mass is 10.0. The van der Waals surface area contributed by atoms with Crippen LogP contribution >= 0.6 is 0 Å². The molecule has 0 bridgehead atoms. The van der Waals surface area contributed by atoms with E-state index in [-0.39, 0.29) is 6.54 Å². The summed E-state index contributed by atoms with van der Waals surface area (Å²) in [5.41, 5.74) is 5.69. The standard InChI is InChI=1S/C22H20N4O2S/c1-29(27,28)24-15-17-7-9-18(10-8-17)21-16-26(20-5-3-2-4-6-20)25-22(21)19-11-13-23-14-12-19/h2-14,16,24H,15H2,1H3. The van der Waals surface area contributed by atoms with E-state index in [2.05, 4.69) is 9.71 Å². The predicted molar refractivity (Wildman–Crippen MR) is 114 cm³/mol. The summed E-state index contributed by atoms with van der Waals surface area (Å²) in [5, 5.41) is 4.82. The minimum absolute atomic E-state index is 0.263. The maximum Gasteiger partial charge on any atom is 0.209 e. The molecule has 146 valence electrons. The SMILES string of the molecule is CS(=O)(=O)NCc1ccc(-c2cn(-c3ccccc3)nc2-c2ccncc2)cc1. The van der Waals surface area contributed by atoms with Crippen molar-refractivity contribution in [1.29, 1.82) is 0 Å². The lowest BCUT2D eigenvalue weighted by molar-refractivity contribution is 0.587. The van der Waals surface area contributed by atoms with E-state index in [1.54, 1.807) is 12.4 Å². The molecule has 2 heterocycles. The van der Waals surface area contributed by atoms with Crippen molar-refractivity contribution in [2.24, 2.45) is 0 Å². The van der Waals surface area contributed by atoms with E-state index in [9.17, 15) is 8.42 Å². The predicted octanol–water partition coefficient (Wildman–Crippen LogP) is 3.65. The van der Waals surface area contributed by atoms with Crippen LogP contribution in [0.3, 0.4) is 0 Å². The molecule has 4 aromatic rings. The van der Waals surface area contributed by atoms with Crippen LogP contribution in [0.25, 0.3) is 28.1 Å². The van der Waals surface area contributed by atoms with Gasteiger partial charge in [0.05, 0.1) is 11.9 Å². The molecule has 0 amide bonds. The number of hydrogen-bond donors (Lipinski definition) is 1. The summed E-state index contributed by atoms with van der Waals surface area (Å²) in [4.78, 5) is 4.10. The normalized spacial score (nSPS) is 11.5. The van der Waals surface area contributed by atoms with Crippen molar-refractivity contribution in [2.45, 2.75) is 6.54 Å². The van der Waals surface area contributed by atoms with Crippen molar-refractivity contribution in [1.82, 2.24) is 19.5 Å². The lowest BCUT2D eigenvalue weighted by Crippen LogP contribution is -2.21. The Labute approximate surface area is 169 Å². The Morgan fingerprint density at radius 2 is 1.59 bits per heavy atom. The van der Waals surface area contributed by atoms with Crippen molar-refractivity contribution in [3.63, 3.8) is 0 Å². The number of hydrogen-bond acceptors (Lipinski definition) is 4. The smallest absolute Gasteiger partial charge is 0.209 e. The van der Waals surface area contributed by atoms with Crippen molar-refractivity contribution >= 4 is 10.0 Å². The van der Waals surface area contributed by atoms with Gasteiger partial charge in [0.15, 0.2) is 0 Å². The quantitative estimate of drug-likeness (QED) is 0.532. The zero-order valence-corrected chi connectivity index (χ0v) is 16.7.